The van der Waals surface area contributed by atoms with E-state index in [1.54, 1.807) is 14.5 Å². The number of aryl methyl sites for hydroxylation is 1. The summed E-state index contributed by atoms with van der Waals surface area (Å²) in [6.45, 7) is 5.62. The smallest absolute Gasteiger partial charge is 0.226 e. The Bertz CT molecular complexity index is 1160. The number of nitrogens with zero attached hydrogens (tertiary/aromatic N) is 4. The van der Waals surface area contributed by atoms with Crippen LogP contribution in [0.2, 0.25) is 0 Å². The fourth-order valence-corrected chi connectivity index (χ4v) is 3.96. The van der Waals surface area contributed by atoms with Crippen LogP contribution >= 0.6 is 0 Å². The van der Waals surface area contributed by atoms with Crippen molar-refractivity contribution in [1.82, 2.24) is 19.6 Å². The summed E-state index contributed by atoms with van der Waals surface area (Å²) < 4.78 is 1.71. The zero-order valence-corrected chi connectivity index (χ0v) is 19.5. The SMILES string of the molecule is CC(=O)N1CCN(C(=O)CCC(=O)Nc2cc(-c3ccccc3)nn2-c2ccc(C)cc2)CC1. The van der Waals surface area contributed by atoms with E-state index in [4.69, 9.17) is 5.10 Å². The molecule has 1 N–H and O–H groups in total. The Balaban J connectivity index is 1.43. The van der Waals surface area contributed by atoms with E-state index in [1.807, 2.05) is 67.6 Å². The van der Waals surface area contributed by atoms with Gasteiger partial charge < -0.3 is 15.1 Å². The van der Waals surface area contributed by atoms with Crippen LogP contribution in [0, 0.1) is 6.92 Å². The molecule has 1 fully saturated rings. The summed E-state index contributed by atoms with van der Waals surface area (Å²) in [4.78, 5) is 40.2. The van der Waals surface area contributed by atoms with E-state index in [0.717, 1.165) is 22.5 Å². The third-order valence-electron chi connectivity index (χ3n) is 5.97. The van der Waals surface area contributed by atoms with E-state index in [-0.39, 0.29) is 30.6 Å². The topological polar surface area (TPSA) is 87.5 Å². The average molecular weight is 460 g/mol. The highest BCUT2D eigenvalue weighted by Crippen LogP contribution is 2.25. The van der Waals surface area contributed by atoms with Crippen molar-refractivity contribution in [1.29, 1.82) is 0 Å². The molecular weight excluding hydrogens is 430 g/mol. The first-order valence-electron chi connectivity index (χ1n) is 11.5. The highest BCUT2D eigenvalue weighted by atomic mass is 16.2. The number of anilines is 1. The fraction of sp³-hybridized carbons (Fsp3) is 0.308. The second-order valence-corrected chi connectivity index (χ2v) is 8.46. The molecular formula is C26H29N5O3. The summed E-state index contributed by atoms with van der Waals surface area (Å²) in [6.07, 6.45) is 0.196. The molecule has 1 aliphatic heterocycles. The minimum atomic E-state index is -0.247. The lowest BCUT2D eigenvalue weighted by Crippen LogP contribution is -2.50. The van der Waals surface area contributed by atoms with Crippen LogP contribution in [-0.2, 0) is 14.4 Å². The van der Waals surface area contributed by atoms with Gasteiger partial charge in [0.1, 0.15) is 5.82 Å². The van der Waals surface area contributed by atoms with Crippen LogP contribution in [0.15, 0.2) is 60.7 Å². The van der Waals surface area contributed by atoms with Crippen LogP contribution in [0.4, 0.5) is 5.82 Å². The monoisotopic (exact) mass is 459 g/mol. The van der Waals surface area contributed by atoms with Gasteiger partial charge in [-0.05, 0) is 19.1 Å². The Morgan fingerprint density at radius 1 is 0.882 bits per heavy atom. The van der Waals surface area contributed by atoms with Crippen molar-refractivity contribution in [3.8, 4) is 16.9 Å². The van der Waals surface area contributed by atoms with Crippen LogP contribution in [0.3, 0.4) is 0 Å². The minimum Gasteiger partial charge on any atom is -0.339 e. The van der Waals surface area contributed by atoms with E-state index < -0.39 is 0 Å². The maximum absolute atomic E-state index is 12.7. The molecule has 3 aromatic rings. The molecule has 0 aliphatic carbocycles. The van der Waals surface area contributed by atoms with Gasteiger partial charge in [-0.2, -0.15) is 5.10 Å². The van der Waals surface area contributed by atoms with Gasteiger partial charge in [0.2, 0.25) is 17.7 Å². The second-order valence-electron chi connectivity index (χ2n) is 8.46. The molecule has 2 heterocycles. The van der Waals surface area contributed by atoms with Gasteiger partial charge in [-0.15, -0.1) is 0 Å². The van der Waals surface area contributed by atoms with Crippen LogP contribution in [0.5, 0.6) is 0 Å². The summed E-state index contributed by atoms with van der Waals surface area (Å²) in [6, 6.07) is 19.5. The van der Waals surface area contributed by atoms with Gasteiger partial charge in [-0.25, -0.2) is 4.68 Å². The molecule has 0 saturated carbocycles. The van der Waals surface area contributed by atoms with Crippen molar-refractivity contribution < 1.29 is 14.4 Å². The van der Waals surface area contributed by atoms with Crippen molar-refractivity contribution in [2.24, 2.45) is 0 Å². The highest BCUT2D eigenvalue weighted by molar-refractivity contribution is 5.93. The number of piperazine rings is 1. The van der Waals surface area contributed by atoms with Crippen molar-refractivity contribution in [2.45, 2.75) is 26.7 Å². The Morgan fingerprint density at radius 2 is 1.53 bits per heavy atom. The number of carbonyl (C=O) groups excluding carboxylic acids is 3. The quantitative estimate of drug-likeness (QED) is 0.613. The summed E-state index contributed by atoms with van der Waals surface area (Å²) in [5.74, 6) is 0.251. The molecule has 1 aromatic heterocycles. The first kappa shape index (κ1) is 23.2. The van der Waals surface area contributed by atoms with Crippen LogP contribution < -0.4 is 5.32 Å². The lowest BCUT2D eigenvalue weighted by molar-refractivity contribution is -0.138. The largest absolute Gasteiger partial charge is 0.339 e. The number of rotatable bonds is 6. The number of hydrogen-bond donors (Lipinski definition) is 1. The zero-order chi connectivity index (χ0) is 24.1. The van der Waals surface area contributed by atoms with Crippen molar-refractivity contribution in [2.75, 3.05) is 31.5 Å². The molecule has 34 heavy (non-hydrogen) atoms. The predicted molar refractivity (Wildman–Crippen MR) is 130 cm³/mol. The van der Waals surface area contributed by atoms with Crippen molar-refractivity contribution in [3.63, 3.8) is 0 Å². The van der Waals surface area contributed by atoms with Gasteiger partial charge in [0.25, 0.3) is 0 Å². The minimum absolute atomic E-state index is 0.0199. The Hall–Kier alpha value is -3.94. The molecule has 0 bridgehead atoms. The molecule has 176 valence electrons. The number of aromatic nitrogens is 2. The summed E-state index contributed by atoms with van der Waals surface area (Å²) >= 11 is 0. The highest BCUT2D eigenvalue weighted by Gasteiger charge is 2.23. The third-order valence-corrected chi connectivity index (χ3v) is 5.97. The molecule has 8 heteroatoms. The van der Waals surface area contributed by atoms with Gasteiger partial charge in [0, 0.05) is 57.6 Å². The lowest BCUT2D eigenvalue weighted by Gasteiger charge is -2.34. The number of amides is 3. The van der Waals surface area contributed by atoms with Crippen LogP contribution in [-0.4, -0.2) is 63.5 Å². The van der Waals surface area contributed by atoms with Gasteiger partial charge >= 0.3 is 0 Å². The standard InChI is InChI=1S/C26H29N5O3/c1-19-8-10-22(11-9-19)31-24(18-23(28-31)21-6-4-3-5-7-21)27-25(33)12-13-26(34)30-16-14-29(15-17-30)20(2)32/h3-11,18H,12-17H2,1-2H3,(H,27,33). The van der Waals surface area contributed by atoms with Gasteiger partial charge in [-0.1, -0.05) is 48.0 Å². The fourth-order valence-electron chi connectivity index (χ4n) is 3.96. The maximum Gasteiger partial charge on any atom is 0.226 e. The number of nitrogens with one attached hydrogen (secondary N) is 1. The predicted octanol–water partition coefficient (Wildman–Crippen LogP) is 3.26. The first-order chi connectivity index (χ1) is 16.4. The molecule has 0 unspecified atom stereocenters. The molecule has 3 amide bonds. The van der Waals surface area contributed by atoms with Gasteiger partial charge in [0.15, 0.2) is 0 Å². The van der Waals surface area contributed by atoms with Crippen LogP contribution in [0.1, 0.15) is 25.3 Å². The normalized spacial score (nSPS) is 13.6. The van der Waals surface area contributed by atoms with E-state index in [9.17, 15) is 14.4 Å². The second kappa shape index (κ2) is 10.3. The molecule has 0 spiro atoms. The molecule has 4 rings (SSSR count). The summed E-state index contributed by atoms with van der Waals surface area (Å²) in [5.41, 5.74) is 3.66. The maximum atomic E-state index is 12.7. The first-order valence-corrected chi connectivity index (χ1v) is 11.5. The molecule has 0 radical (unpaired) electrons. The Kier molecular flexibility index (Phi) is 7.06. The molecule has 1 saturated heterocycles. The summed E-state index contributed by atoms with van der Waals surface area (Å²) in [7, 11) is 0. The third kappa shape index (κ3) is 5.51. The Labute approximate surface area is 199 Å². The molecule has 0 atom stereocenters. The number of hydrogen-bond acceptors (Lipinski definition) is 4. The Morgan fingerprint density at radius 3 is 2.18 bits per heavy atom. The van der Waals surface area contributed by atoms with Crippen molar-refractivity contribution >= 4 is 23.5 Å². The lowest BCUT2D eigenvalue weighted by atomic mass is 10.1. The van der Waals surface area contributed by atoms with E-state index in [0.29, 0.717) is 32.0 Å². The zero-order valence-electron chi connectivity index (χ0n) is 19.5. The molecule has 1 aliphatic rings. The van der Waals surface area contributed by atoms with Crippen molar-refractivity contribution in [3.05, 3.63) is 66.2 Å². The van der Waals surface area contributed by atoms with E-state index in [1.165, 1.54) is 6.92 Å². The number of carbonyl (C=O) groups is 3. The van der Waals surface area contributed by atoms with Crippen LogP contribution in [0.25, 0.3) is 16.9 Å². The van der Waals surface area contributed by atoms with E-state index in [2.05, 4.69) is 5.32 Å². The number of benzene rings is 2. The average Bonchev–Trinajstić information content (AvgIpc) is 3.27. The molecule has 8 nitrogen and oxygen atoms in total. The van der Waals surface area contributed by atoms with E-state index >= 15 is 0 Å². The van der Waals surface area contributed by atoms with Gasteiger partial charge in [-0.3, -0.25) is 14.4 Å². The summed E-state index contributed by atoms with van der Waals surface area (Å²) in [5, 5.41) is 7.65. The van der Waals surface area contributed by atoms with Gasteiger partial charge in [0.05, 0.1) is 11.4 Å². The molecule has 2 aromatic carbocycles.